The van der Waals surface area contributed by atoms with Crippen molar-refractivity contribution >= 4 is 36.1 Å². The van der Waals surface area contributed by atoms with Crippen LogP contribution in [-0.2, 0) is 16.0 Å². The van der Waals surface area contributed by atoms with Crippen molar-refractivity contribution in [3.63, 3.8) is 0 Å². The van der Waals surface area contributed by atoms with Gasteiger partial charge in [-0.1, -0.05) is 18.2 Å². The second kappa shape index (κ2) is 12.3. The van der Waals surface area contributed by atoms with Gasteiger partial charge >= 0.3 is 18.0 Å². The fourth-order valence-electron chi connectivity index (χ4n) is 2.57. The van der Waals surface area contributed by atoms with Crippen LogP contribution in [0.1, 0.15) is 29.8 Å². The zero-order chi connectivity index (χ0) is 21.2. The monoisotopic (exact) mass is 436 g/mol. The molecule has 1 amide bonds. The summed E-state index contributed by atoms with van der Waals surface area (Å²) in [6.07, 6.45) is -0.109. The first-order valence-electron chi connectivity index (χ1n) is 9.15. The largest absolute Gasteiger partial charge is 0.450 e. The van der Waals surface area contributed by atoms with E-state index < -0.39 is 18.0 Å². The van der Waals surface area contributed by atoms with E-state index in [1.807, 2.05) is 0 Å². The van der Waals surface area contributed by atoms with Crippen LogP contribution in [0.25, 0.3) is 0 Å². The predicted octanol–water partition coefficient (Wildman–Crippen LogP) is 3.58. The lowest BCUT2D eigenvalue weighted by atomic mass is 10.1. The summed E-state index contributed by atoms with van der Waals surface area (Å²) in [7, 11) is 1.63. The Kier molecular flexibility index (Phi) is 10.2. The number of amides is 1. The van der Waals surface area contributed by atoms with Gasteiger partial charge in [0.05, 0.1) is 12.2 Å². The van der Waals surface area contributed by atoms with Crippen molar-refractivity contribution in [2.75, 3.05) is 25.5 Å². The van der Waals surface area contributed by atoms with E-state index in [0.29, 0.717) is 29.8 Å². The molecule has 8 nitrogen and oxygen atoms in total. The summed E-state index contributed by atoms with van der Waals surface area (Å²) >= 11 is 0. The van der Waals surface area contributed by atoms with Gasteiger partial charge in [0.1, 0.15) is 5.69 Å². The van der Waals surface area contributed by atoms with Gasteiger partial charge in [-0.2, -0.15) is 0 Å². The number of halogens is 1. The molecule has 0 radical (unpaired) electrons. The molecule has 0 atom stereocenters. The number of benzene rings is 2. The summed E-state index contributed by atoms with van der Waals surface area (Å²) in [4.78, 5) is 35.4. The van der Waals surface area contributed by atoms with Crippen molar-refractivity contribution in [1.82, 2.24) is 5.32 Å². The van der Waals surface area contributed by atoms with E-state index in [4.69, 9.17) is 14.2 Å². The number of alkyl carbamates (subject to hydrolysis) is 1. The Balaban J connectivity index is 0.00000450. The lowest BCUT2D eigenvalue weighted by Gasteiger charge is -2.16. The fraction of sp³-hybridized carbons (Fsp3) is 0.286. The second-order valence-corrected chi connectivity index (χ2v) is 5.96. The minimum atomic E-state index is -0.544. The van der Waals surface area contributed by atoms with Crippen molar-refractivity contribution in [3.05, 3.63) is 53.6 Å². The van der Waals surface area contributed by atoms with E-state index in [-0.39, 0.29) is 30.5 Å². The molecule has 2 rings (SSSR count). The molecule has 0 unspecified atom stereocenters. The molecule has 0 bridgehead atoms. The van der Waals surface area contributed by atoms with Gasteiger partial charge in [0.15, 0.2) is 11.5 Å². The van der Waals surface area contributed by atoms with Crippen LogP contribution in [0, 0.1) is 0 Å². The Morgan fingerprint density at radius 1 is 1.00 bits per heavy atom. The quantitative estimate of drug-likeness (QED) is 0.481. The van der Waals surface area contributed by atoms with Crippen LogP contribution in [0.15, 0.2) is 42.5 Å². The maximum Gasteiger partial charge on any atom is 0.407 e. The van der Waals surface area contributed by atoms with Gasteiger partial charge in [-0.3, -0.25) is 4.79 Å². The minimum absolute atomic E-state index is 0. The number of hydrogen-bond acceptors (Lipinski definition) is 7. The molecule has 30 heavy (non-hydrogen) atoms. The van der Waals surface area contributed by atoms with Gasteiger partial charge in [0, 0.05) is 20.5 Å². The van der Waals surface area contributed by atoms with Gasteiger partial charge in [0.25, 0.3) is 0 Å². The third-order valence-corrected chi connectivity index (χ3v) is 3.80. The number of carbonyl (C=O) groups is 3. The molecule has 9 heteroatoms. The lowest BCUT2D eigenvalue weighted by molar-refractivity contribution is -0.131. The molecule has 0 heterocycles. The van der Waals surface area contributed by atoms with Crippen LogP contribution in [0.4, 0.5) is 10.5 Å². The SMILES string of the molecule is CCOC(=O)NCCc1cc(OC(C)=O)c(NC)c(OC(=O)c2ccccc2)c1.Cl. The summed E-state index contributed by atoms with van der Waals surface area (Å²) in [5.41, 5.74) is 1.46. The van der Waals surface area contributed by atoms with Crippen LogP contribution in [-0.4, -0.2) is 38.2 Å². The van der Waals surface area contributed by atoms with E-state index >= 15 is 0 Å². The molecule has 0 saturated carbocycles. The number of hydrogen-bond donors (Lipinski definition) is 2. The van der Waals surface area contributed by atoms with Crippen molar-refractivity contribution in [3.8, 4) is 11.5 Å². The molecule has 162 valence electrons. The minimum Gasteiger partial charge on any atom is -0.450 e. The summed E-state index contributed by atoms with van der Waals surface area (Å²) in [6.45, 7) is 3.57. The smallest absolute Gasteiger partial charge is 0.407 e. The van der Waals surface area contributed by atoms with Gasteiger partial charge in [-0.15, -0.1) is 12.4 Å². The Hall–Kier alpha value is -3.26. The summed E-state index contributed by atoms with van der Waals surface area (Å²) in [6, 6.07) is 11.9. The van der Waals surface area contributed by atoms with Crippen molar-refractivity contribution < 1.29 is 28.6 Å². The van der Waals surface area contributed by atoms with Crippen molar-refractivity contribution in [1.29, 1.82) is 0 Å². The van der Waals surface area contributed by atoms with Gasteiger partial charge in [-0.05, 0) is 43.2 Å². The lowest BCUT2D eigenvalue weighted by Crippen LogP contribution is -2.26. The van der Waals surface area contributed by atoms with E-state index in [9.17, 15) is 14.4 Å². The van der Waals surface area contributed by atoms with E-state index in [1.165, 1.54) is 6.92 Å². The standard InChI is InChI=1S/C21H24N2O6.ClH/c1-4-27-21(26)23-11-10-15-12-17(28-14(2)24)19(22-3)18(13-15)29-20(25)16-8-6-5-7-9-16;/h5-9,12-13,22H,4,10-11H2,1-3H3,(H,23,26);1H. The third-order valence-electron chi connectivity index (χ3n) is 3.80. The predicted molar refractivity (Wildman–Crippen MR) is 115 cm³/mol. The summed E-state index contributed by atoms with van der Waals surface area (Å²) in [5, 5.41) is 5.52. The molecule has 2 N–H and O–H groups in total. The molecule has 0 fully saturated rings. The maximum atomic E-state index is 12.5. The number of rotatable bonds is 8. The molecule has 0 aliphatic carbocycles. The molecule has 2 aromatic carbocycles. The van der Waals surface area contributed by atoms with Gasteiger partial charge in [-0.25, -0.2) is 9.59 Å². The first kappa shape index (κ1) is 24.8. The van der Waals surface area contributed by atoms with Crippen LogP contribution < -0.4 is 20.1 Å². The highest BCUT2D eigenvalue weighted by atomic mass is 35.5. The number of esters is 2. The van der Waals surface area contributed by atoms with Crippen LogP contribution in [0.5, 0.6) is 11.5 Å². The molecular weight excluding hydrogens is 412 g/mol. The Morgan fingerprint density at radius 3 is 2.20 bits per heavy atom. The number of nitrogens with one attached hydrogen (secondary N) is 2. The molecule has 0 spiro atoms. The fourth-order valence-corrected chi connectivity index (χ4v) is 2.57. The average Bonchev–Trinajstić information content (AvgIpc) is 2.68. The molecule has 0 aliphatic rings. The molecule has 2 aromatic rings. The topological polar surface area (TPSA) is 103 Å². The maximum absolute atomic E-state index is 12.5. The first-order valence-corrected chi connectivity index (χ1v) is 9.15. The average molecular weight is 437 g/mol. The zero-order valence-electron chi connectivity index (χ0n) is 17.0. The van der Waals surface area contributed by atoms with Crippen molar-refractivity contribution in [2.45, 2.75) is 20.3 Å². The van der Waals surface area contributed by atoms with Gasteiger partial charge < -0.3 is 24.8 Å². The molecule has 0 aromatic heterocycles. The highest BCUT2D eigenvalue weighted by Gasteiger charge is 2.18. The Labute approximate surface area is 181 Å². The van der Waals surface area contributed by atoms with E-state index in [2.05, 4.69) is 10.6 Å². The Morgan fingerprint density at radius 2 is 1.63 bits per heavy atom. The number of ether oxygens (including phenoxy) is 3. The third kappa shape index (κ3) is 7.29. The number of carbonyl (C=O) groups excluding carboxylic acids is 3. The Bertz CT molecular complexity index is 873. The first-order chi connectivity index (χ1) is 13.9. The molecule has 0 saturated heterocycles. The van der Waals surface area contributed by atoms with Crippen LogP contribution in [0.2, 0.25) is 0 Å². The van der Waals surface area contributed by atoms with Crippen LogP contribution >= 0.6 is 12.4 Å². The zero-order valence-corrected chi connectivity index (χ0v) is 17.8. The second-order valence-electron chi connectivity index (χ2n) is 5.96. The van der Waals surface area contributed by atoms with E-state index in [0.717, 1.165) is 0 Å². The highest BCUT2D eigenvalue weighted by Crippen LogP contribution is 2.37. The normalized spacial score (nSPS) is 9.70. The summed E-state index contributed by atoms with van der Waals surface area (Å²) < 4.78 is 15.6. The van der Waals surface area contributed by atoms with Crippen molar-refractivity contribution in [2.24, 2.45) is 0 Å². The number of anilines is 1. The van der Waals surface area contributed by atoms with Crippen LogP contribution in [0.3, 0.4) is 0 Å². The van der Waals surface area contributed by atoms with Gasteiger partial charge in [0.2, 0.25) is 0 Å². The molecule has 0 aliphatic heterocycles. The highest BCUT2D eigenvalue weighted by molar-refractivity contribution is 5.92. The summed E-state index contributed by atoms with van der Waals surface area (Å²) in [5.74, 6) is -0.614. The van der Waals surface area contributed by atoms with E-state index in [1.54, 1.807) is 56.4 Å². The molecular formula is C21H25ClN2O6.